The normalized spacial score (nSPS) is 12.4. The fraction of sp³-hybridized carbons (Fsp3) is 0.214. The van der Waals surface area contributed by atoms with E-state index in [0.29, 0.717) is 0 Å². The van der Waals surface area contributed by atoms with E-state index in [1.807, 2.05) is 30.5 Å². The van der Waals surface area contributed by atoms with E-state index < -0.39 is 0 Å². The number of benzene rings is 1. The van der Waals surface area contributed by atoms with Crippen LogP contribution in [0.25, 0.3) is 0 Å². The summed E-state index contributed by atoms with van der Waals surface area (Å²) in [6.45, 7) is 2.92. The van der Waals surface area contributed by atoms with Crippen molar-refractivity contribution in [3.63, 3.8) is 0 Å². The van der Waals surface area contributed by atoms with Gasteiger partial charge in [0.15, 0.2) is 0 Å². The van der Waals surface area contributed by atoms with Crippen LogP contribution in [-0.2, 0) is 6.54 Å². The van der Waals surface area contributed by atoms with E-state index in [1.54, 1.807) is 6.20 Å². The van der Waals surface area contributed by atoms with Gasteiger partial charge in [-0.05, 0) is 52.2 Å². The van der Waals surface area contributed by atoms with E-state index in [9.17, 15) is 0 Å². The van der Waals surface area contributed by atoms with Crippen molar-refractivity contribution in [1.82, 2.24) is 10.3 Å². The van der Waals surface area contributed by atoms with Gasteiger partial charge in [0.25, 0.3) is 0 Å². The molecule has 0 aliphatic rings. The Morgan fingerprint density at radius 2 is 2.00 bits per heavy atom. The van der Waals surface area contributed by atoms with Crippen LogP contribution in [0.4, 0.5) is 0 Å². The molecule has 0 unspecified atom stereocenters. The standard InChI is InChI=1S/C14H14BrClN2/c1-10(12-2-4-14(16)5-3-12)18-8-11-6-13(15)9-17-7-11/h2-7,9-10,18H,8H2,1H3/t10-/m1/s1. The van der Waals surface area contributed by atoms with Gasteiger partial charge < -0.3 is 5.32 Å². The molecular weight excluding hydrogens is 312 g/mol. The molecule has 0 amide bonds. The number of nitrogens with one attached hydrogen (secondary N) is 1. The van der Waals surface area contributed by atoms with Crippen LogP contribution < -0.4 is 5.32 Å². The third-order valence-corrected chi connectivity index (χ3v) is 3.43. The quantitative estimate of drug-likeness (QED) is 0.904. The van der Waals surface area contributed by atoms with Gasteiger partial charge >= 0.3 is 0 Å². The van der Waals surface area contributed by atoms with Gasteiger partial charge in [-0.15, -0.1) is 0 Å². The molecule has 0 fully saturated rings. The first kappa shape index (κ1) is 13.5. The van der Waals surface area contributed by atoms with E-state index in [4.69, 9.17) is 11.6 Å². The lowest BCUT2D eigenvalue weighted by Gasteiger charge is -2.14. The highest BCUT2D eigenvalue weighted by Gasteiger charge is 2.04. The zero-order valence-corrected chi connectivity index (χ0v) is 12.4. The molecule has 0 radical (unpaired) electrons. The predicted molar refractivity (Wildman–Crippen MR) is 78.6 cm³/mol. The van der Waals surface area contributed by atoms with Crippen molar-refractivity contribution in [3.8, 4) is 0 Å². The second-order valence-electron chi connectivity index (χ2n) is 4.17. The number of pyridine rings is 1. The van der Waals surface area contributed by atoms with Crippen LogP contribution in [0.5, 0.6) is 0 Å². The summed E-state index contributed by atoms with van der Waals surface area (Å²) >= 11 is 9.29. The van der Waals surface area contributed by atoms with Crippen molar-refractivity contribution in [3.05, 3.63) is 63.3 Å². The summed E-state index contributed by atoms with van der Waals surface area (Å²) in [5.74, 6) is 0. The Kier molecular flexibility index (Phi) is 4.75. The highest BCUT2D eigenvalue weighted by molar-refractivity contribution is 9.10. The number of hydrogen-bond donors (Lipinski definition) is 1. The zero-order valence-electron chi connectivity index (χ0n) is 10.0. The minimum Gasteiger partial charge on any atom is -0.306 e. The van der Waals surface area contributed by atoms with Crippen molar-refractivity contribution >= 4 is 27.5 Å². The van der Waals surface area contributed by atoms with E-state index in [2.05, 4.69) is 39.2 Å². The molecule has 4 heteroatoms. The van der Waals surface area contributed by atoms with Crippen molar-refractivity contribution in [2.75, 3.05) is 0 Å². The molecule has 0 spiro atoms. The third kappa shape index (κ3) is 3.80. The van der Waals surface area contributed by atoms with Crippen molar-refractivity contribution in [1.29, 1.82) is 0 Å². The fourth-order valence-electron chi connectivity index (χ4n) is 1.69. The van der Waals surface area contributed by atoms with Crippen LogP contribution in [0.2, 0.25) is 5.02 Å². The van der Waals surface area contributed by atoms with Crippen LogP contribution in [0.15, 0.2) is 47.2 Å². The van der Waals surface area contributed by atoms with Crippen LogP contribution in [0.3, 0.4) is 0 Å². The molecule has 1 aromatic carbocycles. The Morgan fingerprint density at radius 3 is 2.67 bits per heavy atom. The average molecular weight is 326 g/mol. The molecule has 2 aromatic rings. The summed E-state index contributed by atoms with van der Waals surface area (Å²) in [6, 6.07) is 10.2. The molecule has 2 rings (SSSR count). The molecule has 0 saturated heterocycles. The maximum absolute atomic E-state index is 5.87. The molecule has 1 aromatic heterocycles. The van der Waals surface area contributed by atoms with Gasteiger partial charge in [-0.2, -0.15) is 0 Å². The Hall–Kier alpha value is -0.900. The maximum Gasteiger partial charge on any atom is 0.0410 e. The molecule has 0 aliphatic heterocycles. The van der Waals surface area contributed by atoms with Gasteiger partial charge in [0.2, 0.25) is 0 Å². The molecule has 1 atom stereocenters. The topological polar surface area (TPSA) is 24.9 Å². The van der Waals surface area contributed by atoms with Crippen LogP contribution >= 0.6 is 27.5 Å². The monoisotopic (exact) mass is 324 g/mol. The number of nitrogens with zero attached hydrogens (tertiary/aromatic N) is 1. The number of rotatable bonds is 4. The van der Waals surface area contributed by atoms with E-state index in [-0.39, 0.29) is 6.04 Å². The SMILES string of the molecule is C[C@@H](NCc1cncc(Br)c1)c1ccc(Cl)cc1. The van der Waals surface area contributed by atoms with E-state index >= 15 is 0 Å². The smallest absolute Gasteiger partial charge is 0.0410 e. The van der Waals surface area contributed by atoms with Gasteiger partial charge in [-0.1, -0.05) is 23.7 Å². The summed E-state index contributed by atoms with van der Waals surface area (Å²) in [6.07, 6.45) is 3.65. The lowest BCUT2D eigenvalue weighted by Crippen LogP contribution is -2.18. The second-order valence-corrected chi connectivity index (χ2v) is 5.52. The summed E-state index contributed by atoms with van der Waals surface area (Å²) < 4.78 is 1.00. The zero-order chi connectivity index (χ0) is 13.0. The highest BCUT2D eigenvalue weighted by Crippen LogP contribution is 2.17. The number of aromatic nitrogens is 1. The summed E-state index contributed by atoms with van der Waals surface area (Å²) in [4.78, 5) is 4.14. The lowest BCUT2D eigenvalue weighted by molar-refractivity contribution is 0.574. The second kappa shape index (κ2) is 6.32. The molecule has 0 aliphatic carbocycles. The van der Waals surface area contributed by atoms with Gasteiger partial charge in [-0.25, -0.2) is 0 Å². The van der Waals surface area contributed by atoms with E-state index in [1.165, 1.54) is 5.56 Å². The van der Waals surface area contributed by atoms with Gasteiger partial charge in [-0.3, -0.25) is 4.98 Å². The Labute approximate surface area is 121 Å². The number of halogens is 2. The summed E-state index contributed by atoms with van der Waals surface area (Å²) in [5, 5.41) is 4.22. The molecule has 18 heavy (non-hydrogen) atoms. The van der Waals surface area contributed by atoms with Crippen molar-refractivity contribution in [2.24, 2.45) is 0 Å². The first-order chi connectivity index (χ1) is 8.65. The Bertz CT molecular complexity index is 513. The van der Waals surface area contributed by atoms with Crippen LogP contribution in [0.1, 0.15) is 24.1 Å². The minimum atomic E-state index is 0.279. The maximum atomic E-state index is 5.87. The molecular formula is C14H14BrClN2. The largest absolute Gasteiger partial charge is 0.306 e. The van der Waals surface area contributed by atoms with Gasteiger partial charge in [0, 0.05) is 34.5 Å². The van der Waals surface area contributed by atoms with Crippen LogP contribution in [-0.4, -0.2) is 4.98 Å². The summed E-state index contributed by atoms with van der Waals surface area (Å²) in [5.41, 5.74) is 2.38. The molecule has 1 heterocycles. The minimum absolute atomic E-state index is 0.279. The third-order valence-electron chi connectivity index (χ3n) is 2.74. The molecule has 0 bridgehead atoms. The lowest BCUT2D eigenvalue weighted by atomic mass is 10.1. The fourth-order valence-corrected chi connectivity index (χ4v) is 2.23. The molecule has 94 valence electrons. The van der Waals surface area contributed by atoms with Crippen molar-refractivity contribution in [2.45, 2.75) is 19.5 Å². The molecule has 1 N–H and O–H groups in total. The van der Waals surface area contributed by atoms with Gasteiger partial charge in [0.05, 0.1) is 0 Å². The predicted octanol–water partition coefficient (Wildman–Crippen LogP) is 4.35. The highest BCUT2D eigenvalue weighted by atomic mass is 79.9. The van der Waals surface area contributed by atoms with Crippen molar-refractivity contribution < 1.29 is 0 Å². The Balaban J connectivity index is 1.96. The average Bonchev–Trinajstić information content (AvgIpc) is 2.37. The molecule has 2 nitrogen and oxygen atoms in total. The first-order valence-electron chi connectivity index (χ1n) is 5.73. The number of hydrogen-bond acceptors (Lipinski definition) is 2. The Morgan fingerprint density at radius 1 is 1.28 bits per heavy atom. The first-order valence-corrected chi connectivity index (χ1v) is 6.90. The van der Waals surface area contributed by atoms with E-state index in [0.717, 1.165) is 21.6 Å². The van der Waals surface area contributed by atoms with Gasteiger partial charge in [0.1, 0.15) is 0 Å². The molecule has 0 saturated carbocycles. The van der Waals surface area contributed by atoms with Crippen LogP contribution in [0, 0.1) is 0 Å². The summed E-state index contributed by atoms with van der Waals surface area (Å²) in [7, 11) is 0.